The van der Waals surface area contributed by atoms with Crippen molar-refractivity contribution in [1.82, 2.24) is 24.8 Å². The van der Waals surface area contributed by atoms with E-state index in [-0.39, 0.29) is 0 Å². The summed E-state index contributed by atoms with van der Waals surface area (Å²) in [6, 6.07) is 2.68. The van der Waals surface area contributed by atoms with Gasteiger partial charge < -0.3 is 0 Å². The molecule has 0 unspecified atom stereocenters. The van der Waals surface area contributed by atoms with E-state index in [4.69, 9.17) is 11.6 Å². The first kappa shape index (κ1) is 13.6. The zero-order chi connectivity index (χ0) is 13.8. The molecule has 0 aliphatic heterocycles. The van der Waals surface area contributed by atoms with Gasteiger partial charge in [-0.1, -0.05) is 18.1 Å². The second-order valence-corrected chi connectivity index (χ2v) is 5.80. The predicted molar refractivity (Wildman–Crippen MR) is 77.9 cm³/mol. The summed E-state index contributed by atoms with van der Waals surface area (Å²) in [5, 5.41) is 13.0. The summed E-state index contributed by atoms with van der Waals surface area (Å²) in [6.07, 6.45) is 11.1. The molecule has 1 aliphatic rings. The van der Waals surface area contributed by atoms with E-state index >= 15 is 0 Å². The molecule has 0 bridgehead atoms. The third-order valence-corrected chi connectivity index (χ3v) is 4.11. The largest absolute Gasteiger partial charge is 0.269 e. The van der Waals surface area contributed by atoms with Crippen molar-refractivity contribution in [2.75, 3.05) is 5.88 Å². The van der Waals surface area contributed by atoms with Gasteiger partial charge in [-0.05, 0) is 31.7 Å². The van der Waals surface area contributed by atoms with E-state index in [1.165, 1.54) is 25.7 Å². The van der Waals surface area contributed by atoms with Crippen LogP contribution in [0, 0.1) is 0 Å². The Morgan fingerprint density at radius 1 is 1.25 bits per heavy atom. The van der Waals surface area contributed by atoms with Crippen molar-refractivity contribution >= 4 is 11.6 Å². The predicted octanol–water partition coefficient (Wildman–Crippen LogP) is 2.81. The van der Waals surface area contributed by atoms with Gasteiger partial charge in [0.05, 0.1) is 24.0 Å². The van der Waals surface area contributed by atoms with Crippen LogP contribution in [-0.4, -0.2) is 30.7 Å². The number of halogens is 1. The zero-order valence-electron chi connectivity index (χ0n) is 11.6. The van der Waals surface area contributed by atoms with Crippen LogP contribution in [0.4, 0.5) is 0 Å². The average Bonchev–Trinajstić information content (AvgIpc) is 3.18. The van der Waals surface area contributed by atoms with Gasteiger partial charge in [0.15, 0.2) is 0 Å². The minimum absolute atomic E-state index is 0.596. The van der Waals surface area contributed by atoms with Gasteiger partial charge in [-0.2, -0.15) is 5.10 Å². The molecule has 1 aliphatic carbocycles. The van der Waals surface area contributed by atoms with E-state index in [2.05, 4.69) is 32.4 Å². The van der Waals surface area contributed by atoms with E-state index in [0.717, 1.165) is 24.2 Å². The van der Waals surface area contributed by atoms with Gasteiger partial charge >= 0.3 is 0 Å². The molecule has 20 heavy (non-hydrogen) atoms. The molecule has 0 saturated heterocycles. The Morgan fingerprint density at radius 3 is 2.90 bits per heavy atom. The van der Waals surface area contributed by atoms with Crippen molar-refractivity contribution < 1.29 is 0 Å². The summed E-state index contributed by atoms with van der Waals surface area (Å²) < 4.78 is 3.97. The van der Waals surface area contributed by atoms with Gasteiger partial charge in [0.1, 0.15) is 0 Å². The molecule has 0 spiro atoms. The van der Waals surface area contributed by atoms with Crippen LogP contribution < -0.4 is 0 Å². The van der Waals surface area contributed by atoms with Crippen LogP contribution in [0.3, 0.4) is 0 Å². The van der Waals surface area contributed by atoms with E-state index in [1.54, 1.807) is 0 Å². The maximum atomic E-state index is 5.69. The van der Waals surface area contributed by atoms with E-state index in [1.807, 2.05) is 10.9 Å². The topological polar surface area (TPSA) is 48.5 Å². The van der Waals surface area contributed by atoms with E-state index < -0.39 is 0 Å². The van der Waals surface area contributed by atoms with Crippen LogP contribution in [0.15, 0.2) is 18.5 Å². The summed E-state index contributed by atoms with van der Waals surface area (Å²) in [7, 11) is 0. The number of hydrogen-bond acceptors (Lipinski definition) is 3. The number of rotatable bonds is 6. The Hall–Kier alpha value is -1.36. The number of nitrogens with zero attached hydrogens (tertiary/aromatic N) is 5. The Kier molecular flexibility index (Phi) is 4.35. The van der Waals surface area contributed by atoms with Crippen molar-refractivity contribution in [2.24, 2.45) is 0 Å². The fraction of sp³-hybridized carbons (Fsp3) is 0.643. The first-order valence-corrected chi connectivity index (χ1v) is 7.87. The first-order chi connectivity index (χ1) is 9.85. The van der Waals surface area contributed by atoms with Gasteiger partial charge in [-0.15, -0.1) is 16.7 Å². The minimum atomic E-state index is 0.596. The molecule has 6 heteroatoms. The number of alkyl halides is 1. The lowest BCUT2D eigenvalue weighted by Gasteiger charge is -2.08. The second kappa shape index (κ2) is 6.39. The first-order valence-electron chi connectivity index (χ1n) is 7.34. The molecule has 2 heterocycles. The van der Waals surface area contributed by atoms with Crippen molar-refractivity contribution in [2.45, 2.75) is 51.1 Å². The summed E-state index contributed by atoms with van der Waals surface area (Å²) in [6.45, 7) is 0.688. The molecule has 5 nitrogen and oxygen atoms in total. The summed E-state index contributed by atoms with van der Waals surface area (Å²) in [5.41, 5.74) is 2.05. The molecule has 3 rings (SSSR count). The quantitative estimate of drug-likeness (QED) is 0.770. The molecule has 1 fully saturated rings. The highest BCUT2D eigenvalue weighted by Gasteiger charge is 2.17. The molecule has 0 atom stereocenters. The highest BCUT2D eigenvalue weighted by Crippen LogP contribution is 2.28. The minimum Gasteiger partial charge on any atom is -0.269 e. The monoisotopic (exact) mass is 293 g/mol. The molecular formula is C14H20ClN5. The van der Waals surface area contributed by atoms with Gasteiger partial charge in [0.2, 0.25) is 0 Å². The van der Waals surface area contributed by atoms with E-state index in [0.29, 0.717) is 18.5 Å². The lowest BCUT2D eigenvalue weighted by molar-refractivity contribution is 0.460. The van der Waals surface area contributed by atoms with Gasteiger partial charge in [0.25, 0.3) is 0 Å². The maximum Gasteiger partial charge on any atom is 0.0867 e. The van der Waals surface area contributed by atoms with Crippen LogP contribution in [0.5, 0.6) is 0 Å². The summed E-state index contributed by atoms with van der Waals surface area (Å²) in [5.74, 6) is 0.665. The lowest BCUT2D eigenvalue weighted by Crippen LogP contribution is -2.07. The molecule has 0 radical (unpaired) electrons. The Morgan fingerprint density at radius 2 is 2.10 bits per heavy atom. The van der Waals surface area contributed by atoms with Crippen LogP contribution in [-0.2, 0) is 13.0 Å². The van der Waals surface area contributed by atoms with Crippen LogP contribution in [0.2, 0.25) is 0 Å². The highest BCUT2D eigenvalue weighted by atomic mass is 35.5. The molecule has 108 valence electrons. The SMILES string of the molecule is ClCCCc1cn(Cc2ccn(C3CCCC3)n2)nn1. The summed E-state index contributed by atoms with van der Waals surface area (Å²) in [4.78, 5) is 0. The van der Waals surface area contributed by atoms with E-state index in [9.17, 15) is 0 Å². The number of hydrogen-bond donors (Lipinski definition) is 0. The highest BCUT2D eigenvalue weighted by molar-refractivity contribution is 6.17. The van der Waals surface area contributed by atoms with Crippen molar-refractivity contribution in [1.29, 1.82) is 0 Å². The van der Waals surface area contributed by atoms with Crippen molar-refractivity contribution in [3.05, 3.63) is 29.8 Å². The fourth-order valence-corrected chi connectivity index (χ4v) is 2.91. The molecular weight excluding hydrogens is 274 g/mol. The zero-order valence-corrected chi connectivity index (χ0v) is 12.3. The Labute approximate surface area is 123 Å². The Bertz CT molecular complexity index is 541. The van der Waals surface area contributed by atoms with Gasteiger partial charge in [-0.25, -0.2) is 4.68 Å². The third-order valence-electron chi connectivity index (χ3n) is 3.84. The van der Waals surface area contributed by atoms with Crippen molar-refractivity contribution in [3.8, 4) is 0 Å². The number of aryl methyl sites for hydroxylation is 1. The third kappa shape index (κ3) is 3.20. The lowest BCUT2D eigenvalue weighted by atomic mass is 10.3. The van der Waals surface area contributed by atoms with Crippen LogP contribution >= 0.6 is 11.6 Å². The molecule has 2 aromatic heterocycles. The van der Waals surface area contributed by atoms with Crippen LogP contribution in [0.1, 0.15) is 49.5 Å². The molecule has 0 amide bonds. The smallest absolute Gasteiger partial charge is 0.0867 e. The van der Waals surface area contributed by atoms with Gasteiger partial charge in [0, 0.05) is 18.3 Å². The van der Waals surface area contributed by atoms with Gasteiger partial charge in [-0.3, -0.25) is 4.68 Å². The second-order valence-electron chi connectivity index (χ2n) is 5.43. The molecule has 1 saturated carbocycles. The average molecular weight is 294 g/mol. The van der Waals surface area contributed by atoms with Crippen LogP contribution in [0.25, 0.3) is 0 Å². The summed E-state index contributed by atoms with van der Waals surface area (Å²) >= 11 is 5.69. The standard InChI is InChI=1S/C14H20ClN5/c15-8-3-4-12-10-19(18-16-12)11-13-7-9-20(17-13)14-5-1-2-6-14/h7,9-10,14H,1-6,8,11H2. The van der Waals surface area contributed by atoms with Crippen molar-refractivity contribution in [3.63, 3.8) is 0 Å². The maximum absolute atomic E-state index is 5.69. The molecule has 2 aromatic rings. The fourth-order valence-electron chi connectivity index (χ4n) is 2.78. The number of aromatic nitrogens is 5. The normalized spacial score (nSPS) is 16.1. The molecule has 0 N–H and O–H groups in total. The Balaban J connectivity index is 1.61. The molecule has 0 aromatic carbocycles.